The van der Waals surface area contributed by atoms with Crippen LogP contribution in [-0.4, -0.2) is 34.7 Å². The van der Waals surface area contributed by atoms with E-state index in [0.717, 1.165) is 31.5 Å². The lowest BCUT2D eigenvalue weighted by atomic mass is 10.0. The van der Waals surface area contributed by atoms with E-state index in [1.807, 2.05) is 0 Å². The zero-order valence-corrected chi connectivity index (χ0v) is 12.1. The lowest BCUT2D eigenvalue weighted by molar-refractivity contribution is -0.131. The fourth-order valence-corrected chi connectivity index (χ4v) is 3.04. The molecule has 0 aliphatic carbocycles. The maximum Gasteiger partial charge on any atom is 0.249 e. The molecule has 1 N–H and O–H groups in total. The van der Waals surface area contributed by atoms with Crippen LogP contribution in [0.2, 0.25) is 0 Å². The Morgan fingerprint density at radius 2 is 2.45 bits per heavy atom. The highest BCUT2D eigenvalue weighted by atomic mass is 16.5. The first kappa shape index (κ1) is 13.6. The first-order valence-electron chi connectivity index (χ1n) is 7.68. The SMILES string of the molecule is CC1CCOC1C(=O)NCCc1cn2c(n1)CCCC2. The van der Waals surface area contributed by atoms with Crippen molar-refractivity contribution in [2.75, 3.05) is 13.2 Å². The van der Waals surface area contributed by atoms with E-state index in [1.165, 1.54) is 18.7 Å². The number of ether oxygens (including phenoxy) is 1. The fraction of sp³-hybridized carbons (Fsp3) is 0.733. The summed E-state index contributed by atoms with van der Waals surface area (Å²) >= 11 is 0. The number of nitrogens with one attached hydrogen (secondary N) is 1. The summed E-state index contributed by atoms with van der Waals surface area (Å²) < 4.78 is 7.72. The smallest absolute Gasteiger partial charge is 0.249 e. The molecule has 2 aliphatic rings. The number of fused-ring (bicyclic) bond motifs is 1. The maximum atomic E-state index is 12.0. The Morgan fingerprint density at radius 3 is 3.20 bits per heavy atom. The second-order valence-corrected chi connectivity index (χ2v) is 5.90. The molecular formula is C15H23N3O2. The standard InChI is InChI=1S/C15H23N3O2/c1-11-6-9-20-14(11)15(19)16-7-5-12-10-18-8-3-2-4-13(18)17-12/h10-11,14H,2-9H2,1H3,(H,16,19). The topological polar surface area (TPSA) is 56.1 Å². The summed E-state index contributed by atoms with van der Waals surface area (Å²) in [5, 5.41) is 2.97. The molecule has 110 valence electrons. The van der Waals surface area contributed by atoms with Gasteiger partial charge in [0.1, 0.15) is 11.9 Å². The Balaban J connectivity index is 1.47. The number of carbonyl (C=O) groups is 1. The molecule has 1 saturated heterocycles. The molecule has 1 amide bonds. The number of rotatable bonds is 4. The van der Waals surface area contributed by atoms with Crippen LogP contribution in [0, 0.1) is 5.92 Å². The minimum atomic E-state index is -0.259. The van der Waals surface area contributed by atoms with Gasteiger partial charge in [-0.15, -0.1) is 0 Å². The van der Waals surface area contributed by atoms with E-state index in [4.69, 9.17) is 4.74 Å². The van der Waals surface area contributed by atoms with Gasteiger partial charge in [0.2, 0.25) is 5.91 Å². The number of amides is 1. The average molecular weight is 277 g/mol. The van der Waals surface area contributed by atoms with E-state index in [0.29, 0.717) is 19.1 Å². The van der Waals surface area contributed by atoms with Gasteiger partial charge in [0, 0.05) is 38.7 Å². The number of aromatic nitrogens is 2. The van der Waals surface area contributed by atoms with Crippen molar-refractivity contribution >= 4 is 5.91 Å². The third-order valence-corrected chi connectivity index (χ3v) is 4.28. The van der Waals surface area contributed by atoms with Crippen molar-refractivity contribution in [2.24, 2.45) is 5.92 Å². The van der Waals surface area contributed by atoms with Crippen molar-refractivity contribution in [1.82, 2.24) is 14.9 Å². The van der Waals surface area contributed by atoms with Gasteiger partial charge >= 0.3 is 0 Å². The zero-order valence-electron chi connectivity index (χ0n) is 12.1. The summed E-state index contributed by atoms with van der Waals surface area (Å²) in [7, 11) is 0. The lowest BCUT2D eigenvalue weighted by Crippen LogP contribution is -2.38. The first-order chi connectivity index (χ1) is 9.74. The summed E-state index contributed by atoms with van der Waals surface area (Å²) in [6.45, 7) is 4.50. The summed E-state index contributed by atoms with van der Waals surface area (Å²) in [6.07, 6.45) is 7.22. The summed E-state index contributed by atoms with van der Waals surface area (Å²) in [5.41, 5.74) is 1.09. The minimum Gasteiger partial charge on any atom is -0.368 e. The van der Waals surface area contributed by atoms with E-state index in [9.17, 15) is 4.79 Å². The normalized spacial score (nSPS) is 25.4. The molecule has 0 radical (unpaired) electrons. The molecular weight excluding hydrogens is 254 g/mol. The van der Waals surface area contributed by atoms with Crippen molar-refractivity contribution in [3.63, 3.8) is 0 Å². The number of carbonyl (C=O) groups excluding carboxylic acids is 1. The molecule has 5 heteroatoms. The van der Waals surface area contributed by atoms with E-state index in [1.54, 1.807) is 0 Å². The first-order valence-corrected chi connectivity index (χ1v) is 7.68. The monoisotopic (exact) mass is 277 g/mol. The molecule has 2 atom stereocenters. The molecule has 2 aliphatic heterocycles. The Kier molecular flexibility index (Phi) is 4.05. The summed E-state index contributed by atoms with van der Waals surface area (Å²) in [5.74, 6) is 1.55. The summed E-state index contributed by atoms with van der Waals surface area (Å²) in [6, 6.07) is 0. The molecule has 3 rings (SSSR count). The van der Waals surface area contributed by atoms with Gasteiger partial charge in [0.05, 0.1) is 5.69 Å². The molecule has 0 aromatic carbocycles. The molecule has 20 heavy (non-hydrogen) atoms. The van der Waals surface area contributed by atoms with Crippen LogP contribution in [0.4, 0.5) is 0 Å². The van der Waals surface area contributed by atoms with E-state index >= 15 is 0 Å². The Morgan fingerprint density at radius 1 is 1.55 bits per heavy atom. The van der Waals surface area contributed by atoms with Crippen molar-refractivity contribution in [3.05, 3.63) is 17.7 Å². The van der Waals surface area contributed by atoms with E-state index in [-0.39, 0.29) is 12.0 Å². The summed E-state index contributed by atoms with van der Waals surface area (Å²) in [4.78, 5) is 16.6. The Hall–Kier alpha value is -1.36. The van der Waals surface area contributed by atoms with Crippen LogP contribution in [0.15, 0.2) is 6.20 Å². The van der Waals surface area contributed by atoms with Crippen LogP contribution < -0.4 is 5.32 Å². The van der Waals surface area contributed by atoms with Gasteiger partial charge in [-0.3, -0.25) is 4.79 Å². The highest BCUT2D eigenvalue weighted by Crippen LogP contribution is 2.20. The number of hydrogen-bond acceptors (Lipinski definition) is 3. The molecule has 2 unspecified atom stereocenters. The second-order valence-electron chi connectivity index (χ2n) is 5.90. The number of aryl methyl sites for hydroxylation is 2. The molecule has 0 spiro atoms. The third-order valence-electron chi connectivity index (χ3n) is 4.28. The maximum absolute atomic E-state index is 12.0. The van der Waals surface area contributed by atoms with Crippen LogP contribution in [0.25, 0.3) is 0 Å². The van der Waals surface area contributed by atoms with Crippen LogP contribution in [0.5, 0.6) is 0 Å². The lowest BCUT2D eigenvalue weighted by Gasteiger charge is -2.13. The Labute approximate surface area is 119 Å². The quantitative estimate of drug-likeness (QED) is 0.902. The Bertz CT molecular complexity index is 460. The van der Waals surface area contributed by atoms with Crippen molar-refractivity contribution < 1.29 is 9.53 Å². The largest absolute Gasteiger partial charge is 0.368 e. The molecule has 1 aromatic rings. The predicted octanol–water partition coefficient (Wildman–Crippen LogP) is 1.30. The van der Waals surface area contributed by atoms with Crippen LogP contribution in [0.1, 0.15) is 37.7 Å². The zero-order chi connectivity index (χ0) is 13.9. The predicted molar refractivity (Wildman–Crippen MR) is 75.4 cm³/mol. The van der Waals surface area contributed by atoms with Crippen molar-refractivity contribution in [1.29, 1.82) is 0 Å². The van der Waals surface area contributed by atoms with E-state index < -0.39 is 0 Å². The molecule has 0 saturated carbocycles. The molecule has 5 nitrogen and oxygen atoms in total. The van der Waals surface area contributed by atoms with Gasteiger partial charge in [-0.2, -0.15) is 0 Å². The average Bonchev–Trinajstić information content (AvgIpc) is 3.04. The van der Waals surface area contributed by atoms with Gasteiger partial charge in [-0.25, -0.2) is 4.98 Å². The molecule has 1 fully saturated rings. The van der Waals surface area contributed by atoms with Crippen LogP contribution in [0.3, 0.4) is 0 Å². The van der Waals surface area contributed by atoms with Crippen molar-refractivity contribution in [3.8, 4) is 0 Å². The van der Waals surface area contributed by atoms with Crippen LogP contribution >= 0.6 is 0 Å². The van der Waals surface area contributed by atoms with Crippen LogP contribution in [-0.2, 0) is 28.9 Å². The second kappa shape index (κ2) is 5.95. The van der Waals surface area contributed by atoms with Crippen molar-refractivity contribution in [2.45, 2.75) is 51.7 Å². The van der Waals surface area contributed by atoms with Gasteiger partial charge in [0.15, 0.2) is 0 Å². The van der Waals surface area contributed by atoms with Gasteiger partial charge in [-0.1, -0.05) is 6.92 Å². The molecule has 3 heterocycles. The molecule has 1 aromatic heterocycles. The number of nitrogens with zero attached hydrogens (tertiary/aromatic N) is 2. The number of hydrogen-bond donors (Lipinski definition) is 1. The minimum absolute atomic E-state index is 0.0268. The number of imidazole rings is 1. The fourth-order valence-electron chi connectivity index (χ4n) is 3.04. The highest BCUT2D eigenvalue weighted by Gasteiger charge is 2.30. The third kappa shape index (κ3) is 2.87. The van der Waals surface area contributed by atoms with E-state index in [2.05, 4.69) is 28.0 Å². The van der Waals surface area contributed by atoms with Gasteiger partial charge in [-0.05, 0) is 25.2 Å². The van der Waals surface area contributed by atoms with Gasteiger partial charge in [0.25, 0.3) is 0 Å². The van der Waals surface area contributed by atoms with Gasteiger partial charge < -0.3 is 14.6 Å². The molecule has 0 bridgehead atoms. The highest BCUT2D eigenvalue weighted by molar-refractivity contribution is 5.81.